The van der Waals surface area contributed by atoms with Crippen LogP contribution >= 0.6 is 0 Å². The van der Waals surface area contributed by atoms with Crippen molar-refractivity contribution in [3.8, 4) is 0 Å². The van der Waals surface area contributed by atoms with E-state index in [1.807, 2.05) is 11.0 Å². The van der Waals surface area contributed by atoms with Crippen molar-refractivity contribution in [2.45, 2.75) is 19.3 Å². The zero-order chi connectivity index (χ0) is 10.0. The van der Waals surface area contributed by atoms with Crippen LogP contribution in [0.4, 0.5) is 0 Å². The lowest BCUT2D eigenvalue weighted by Gasteiger charge is -2.31. The van der Waals surface area contributed by atoms with E-state index in [-0.39, 0.29) is 5.41 Å². The van der Waals surface area contributed by atoms with Crippen molar-refractivity contribution in [2.75, 3.05) is 26.2 Å². The highest BCUT2D eigenvalue weighted by molar-refractivity contribution is 5.85. The average molecular weight is 194 g/mol. The molecule has 14 heavy (non-hydrogen) atoms. The minimum atomic E-state index is -0.0196. The fourth-order valence-corrected chi connectivity index (χ4v) is 2.59. The summed E-state index contributed by atoms with van der Waals surface area (Å²) in [6.07, 6.45) is 4.89. The molecule has 1 N–H and O–H groups in total. The lowest BCUT2D eigenvalue weighted by molar-refractivity contribution is -0.136. The normalized spacial score (nSPS) is 25.7. The second-order valence-electron chi connectivity index (χ2n) is 4.32. The van der Waals surface area contributed by atoms with Gasteiger partial charge in [-0.15, -0.1) is 6.58 Å². The molecule has 0 aliphatic carbocycles. The first-order valence-electron chi connectivity index (χ1n) is 5.39. The smallest absolute Gasteiger partial charge is 0.229 e. The lowest BCUT2D eigenvalue weighted by Crippen LogP contribution is -2.42. The van der Waals surface area contributed by atoms with Crippen LogP contribution in [0.2, 0.25) is 0 Å². The van der Waals surface area contributed by atoms with Gasteiger partial charge in [0.15, 0.2) is 0 Å². The van der Waals surface area contributed by atoms with E-state index in [4.69, 9.17) is 0 Å². The number of carbonyl (C=O) groups is 1. The molecular formula is C11H18N2O. The predicted molar refractivity (Wildman–Crippen MR) is 55.9 cm³/mol. The van der Waals surface area contributed by atoms with E-state index in [1.165, 1.54) is 0 Å². The molecule has 2 heterocycles. The first kappa shape index (κ1) is 9.71. The number of hydrogen-bond acceptors (Lipinski definition) is 2. The van der Waals surface area contributed by atoms with Gasteiger partial charge in [-0.2, -0.15) is 0 Å². The van der Waals surface area contributed by atoms with Gasteiger partial charge in [0.05, 0.1) is 5.41 Å². The van der Waals surface area contributed by atoms with Crippen LogP contribution in [-0.4, -0.2) is 37.0 Å². The highest BCUT2D eigenvalue weighted by atomic mass is 16.2. The van der Waals surface area contributed by atoms with E-state index >= 15 is 0 Å². The molecule has 3 heteroatoms. The predicted octanol–water partition coefficient (Wildman–Crippen LogP) is 0.774. The van der Waals surface area contributed by atoms with Crippen LogP contribution in [0.15, 0.2) is 12.7 Å². The number of likely N-dealkylation sites (tertiary alicyclic amines) is 1. The Balaban J connectivity index is 2.07. The third kappa shape index (κ3) is 1.46. The van der Waals surface area contributed by atoms with E-state index in [0.717, 1.165) is 38.9 Å². The van der Waals surface area contributed by atoms with Gasteiger partial charge >= 0.3 is 0 Å². The Kier molecular flexibility index (Phi) is 2.59. The number of amides is 1. The van der Waals surface area contributed by atoms with Gasteiger partial charge in [-0.3, -0.25) is 4.79 Å². The van der Waals surface area contributed by atoms with E-state index in [2.05, 4.69) is 11.9 Å². The summed E-state index contributed by atoms with van der Waals surface area (Å²) in [5, 5.41) is 3.31. The number of piperidine rings is 1. The van der Waals surface area contributed by atoms with Gasteiger partial charge in [0.25, 0.3) is 0 Å². The molecule has 2 aliphatic heterocycles. The molecule has 0 radical (unpaired) electrons. The molecule has 0 bridgehead atoms. The number of rotatable bonds is 2. The molecular weight excluding hydrogens is 176 g/mol. The molecule has 3 nitrogen and oxygen atoms in total. The molecule has 78 valence electrons. The molecule has 1 spiro atoms. The van der Waals surface area contributed by atoms with E-state index in [1.54, 1.807) is 0 Å². The van der Waals surface area contributed by atoms with Crippen molar-refractivity contribution in [1.29, 1.82) is 0 Å². The third-order valence-corrected chi connectivity index (χ3v) is 3.51. The second-order valence-corrected chi connectivity index (χ2v) is 4.32. The summed E-state index contributed by atoms with van der Waals surface area (Å²) in [5.41, 5.74) is -0.0196. The lowest BCUT2D eigenvalue weighted by atomic mass is 9.78. The van der Waals surface area contributed by atoms with Crippen LogP contribution in [-0.2, 0) is 4.79 Å². The molecule has 2 rings (SSSR count). The molecule has 0 unspecified atom stereocenters. The van der Waals surface area contributed by atoms with E-state index in [0.29, 0.717) is 12.5 Å². The van der Waals surface area contributed by atoms with Crippen molar-refractivity contribution in [3.63, 3.8) is 0 Å². The molecule has 2 saturated heterocycles. The van der Waals surface area contributed by atoms with Crippen LogP contribution in [0.25, 0.3) is 0 Å². The summed E-state index contributed by atoms with van der Waals surface area (Å²) in [6, 6.07) is 0. The number of hydrogen-bond donors (Lipinski definition) is 1. The van der Waals surface area contributed by atoms with Crippen molar-refractivity contribution in [1.82, 2.24) is 10.2 Å². The van der Waals surface area contributed by atoms with Crippen molar-refractivity contribution < 1.29 is 4.79 Å². The molecule has 0 aromatic rings. The molecule has 2 fully saturated rings. The molecule has 0 aromatic carbocycles. The Morgan fingerprint density at radius 2 is 2.14 bits per heavy atom. The molecule has 2 aliphatic rings. The van der Waals surface area contributed by atoms with Crippen molar-refractivity contribution in [2.24, 2.45) is 5.41 Å². The van der Waals surface area contributed by atoms with E-state index in [9.17, 15) is 4.79 Å². The van der Waals surface area contributed by atoms with Crippen LogP contribution in [0.1, 0.15) is 19.3 Å². The zero-order valence-corrected chi connectivity index (χ0v) is 8.59. The van der Waals surface area contributed by atoms with Gasteiger partial charge in [0.1, 0.15) is 0 Å². The Hall–Kier alpha value is -0.830. The van der Waals surface area contributed by atoms with Crippen LogP contribution in [0.3, 0.4) is 0 Å². The summed E-state index contributed by atoms with van der Waals surface area (Å²) in [6.45, 7) is 7.31. The van der Waals surface area contributed by atoms with Crippen LogP contribution in [0, 0.1) is 5.41 Å². The molecule has 1 amide bonds. The number of carbonyl (C=O) groups excluding carboxylic acids is 1. The van der Waals surface area contributed by atoms with Crippen LogP contribution in [0.5, 0.6) is 0 Å². The monoisotopic (exact) mass is 194 g/mol. The third-order valence-electron chi connectivity index (χ3n) is 3.51. The quantitative estimate of drug-likeness (QED) is 0.659. The summed E-state index contributed by atoms with van der Waals surface area (Å²) in [5.74, 6) is 0.360. The van der Waals surface area contributed by atoms with Crippen molar-refractivity contribution in [3.05, 3.63) is 12.7 Å². The first-order valence-corrected chi connectivity index (χ1v) is 5.39. The van der Waals surface area contributed by atoms with Crippen molar-refractivity contribution >= 4 is 5.91 Å². The minimum absolute atomic E-state index is 0.0196. The highest BCUT2D eigenvalue weighted by Gasteiger charge is 2.46. The van der Waals surface area contributed by atoms with Gasteiger partial charge in [0, 0.05) is 13.1 Å². The summed E-state index contributed by atoms with van der Waals surface area (Å²) >= 11 is 0. The summed E-state index contributed by atoms with van der Waals surface area (Å²) in [7, 11) is 0. The minimum Gasteiger partial charge on any atom is -0.338 e. The van der Waals surface area contributed by atoms with E-state index < -0.39 is 0 Å². The van der Waals surface area contributed by atoms with Gasteiger partial charge in [-0.05, 0) is 32.4 Å². The number of nitrogens with one attached hydrogen (secondary N) is 1. The average Bonchev–Trinajstić information content (AvgIpc) is 2.50. The second kappa shape index (κ2) is 3.73. The standard InChI is InChI=1S/C11H18N2O/c1-2-8-13-9-5-11(10(13)14)3-6-12-7-4-11/h2,12H,1,3-9H2. The van der Waals surface area contributed by atoms with Gasteiger partial charge in [-0.1, -0.05) is 6.08 Å². The molecule has 0 aromatic heterocycles. The summed E-state index contributed by atoms with van der Waals surface area (Å²) < 4.78 is 0. The van der Waals surface area contributed by atoms with Gasteiger partial charge in [0.2, 0.25) is 5.91 Å². The van der Waals surface area contributed by atoms with Gasteiger partial charge < -0.3 is 10.2 Å². The summed E-state index contributed by atoms with van der Waals surface area (Å²) in [4.78, 5) is 14.1. The Labute approximate surface area is 85.2 Å². The largest absolute Gasteiger partial charge is 0.338 e. The fourth-order valence-electron chi connectivity index (χ4n) is 2.59. The van der Waals surface area contributed by atoms with Crippen LogP contribution < -0.4 is 5.32 Å². The number of nitrogens with zero attached hydrogens (tertiary/aromatic N) is 1. The maximum absolute atomic E-state index is 12.1. The maximum Gasteiger partial charge on any atom is 0.229 e. The molecule has 0 atom stereocenters. The maximum atomic E-state index is 12.1. The first-order chi connectivity index (χ1) is 6.78. The fraction of sp³-hybridized carbons (Fsp3) is 0.727. The van der Waals surface area contributed by atoms with Gasteiger partial charge in [-0.25, -0.2) is 0 Å². The Morgan fingerprint density at radius 1 is 1.43 bits per heavy atom. The SMILES string of the molecule is C=CCN1CCC2(CCNCC2)C1=O. The topological polar surface area (TPSA) is 32.3 Å². The Morgan fingerprint density at radius 3 is 2.79 bits per heavy atom. The molecule has 0 saturated carbocycles. The zero-order valence-electron chi connectivity index (χ0n) is 8.59. The Bertz CT molecular complexity index is 244. The highest BCUT2D eigenvalue weighted by Crippen LogP contribution is 2.39.